The van der Waals surface area contributed by atoms with Crippen molar-refractivity contribution in [1.82, 2.24) is 0 Å². The lowest BCUT2D eigenvalue weighted by molar-refractivity contribution is -0.174. The van der Waals surface area contributed by atoms with Crippen LogP contribution >= 0.6 is 0 Å². The van der Waals surface area contributed by atoms with E-state index in [9.17, 15) is 24.3 Å². The van der Waals surface area contributed by atoms with E-state index in [-0.39, 0.29) is 25.7 Å². The highest BCUT2D eigenvalue weighted by Crippen LogP contribution is 2.30. The van der Waals surface area contributed by atoms with E-state index < -0.39 is 53.3 Å². The first-order valence-electron chi connectivity index (χ1n) is 8.91. The van der Waals surface area contributed by atoms with Crippen molar-refractivity contribution in [3.05, 3.63) is 0 Å². The molecule has 0 amide bonds. The average molecular weight is 388 g/mol. The third-order valence-electron chi connectivity index (χ3n) is 3.93. The molecule has 0 rings (SSSR count). The molecule has 0 atom stereocenters. The molecule has 0 aliphatic heterocycles. The van der Waals surface area contributed by atoms with Crippen LogP contribution in [-0.2, 0) is 28.7 Å². The Morgan fingerprint density at radius 2 is 1.15 bits per heavy atom. The lowest BCUT2D eigenvalue weighted by atomic mass is 9.83. The Morgan fingerprint density at radius 3 is 1.44 bits per heavy atom. The van der Waals surface area contributed by atoms with Gasteiger partial charge in [0.15, 0.2) is 0 Å². The average Bonchev–Trinajstić information content (AvgIpc) is 2.50. The smallest absolute Gasteiger partial charge is 0.316 e. The van der Waals surface area contributed by atoms with Crippen molar-refractivity contribution in [2.45, 2.75) is 67.2 Å². The highest BCUT2D eigenvalue weighted by molar-refractivity contribution is 5.79. The van der Waals surface area contributed by atoms with Gasteiger partial charge in [0.05, 0.1) is 10.8 Å². The first-order valence-corrected chi connectivity index (χ1v) is 8.91. The van der Waals surface area contributed by atoms with E-state index in [2.05, 4.69) is 0 Å². The number of aliphatic carboxylic acids is 2. The number of carbonyl (C=O) groups is 4. The summed E-state index contributed by atoms with van der Waals surface area (Å²) in [4.78, 5) is 46.7. The molecule has 27 heavy (non-hydrogen) atoms. The maximum atomic E-state index is 12.0. The number of hydrogen-bond donors (Lipinski definition) is 2. The summed E-state index contributed by atoms with van der Waals surface area (Å²) in [6.45, 7) is 8.95. The molecule has 0 radical (unpaired) electrons. The van der Waals surface area contributed by atoms with Gasteiger partial charge >= 0.3 is 23.9 Å². The Labute approximate surface area is 160 Å². The van der Waals surface area contributed by atoms with Gasteiger partial charge in [-0.15, -0.1) is 0 Å². The summed E-state index contributed by atoms with van der Waals surface area (Å²) in [5, 5.41) is 18.5. The molecular weight excluding hydrogens is 356 g/mol. The van der Waals surface area contributed by atoms with E-state index in [4.69, 9.17) is 14.6 Å². The second kappa shape index (κ2) is 9.71. The number of esters is 2. The molecule has 0 heterocycles. The molecule has 0 spiro atoms. The van der Waals surface area contributed by atoms with Crippen molar-refractivity contribution in [3.8, 4) is 0 Å². The van der Waals surface area contributed by atoms with Gasteiger partial charge in [0, 0.05) is 6.42 Å². The van der Waals surface area contributed by atoms with Gasteiger partial charge in [-0.1, -0.05) is 6.42 Å². The second-order valence-electron chi connectivity index (χ2n) is 8.84. The zero-order chi connectivity index (χ0) is 21.5. The van der Waals surface area contributed by atoms with Gasteiger partial charge in [-0.3, -0.25) is 19.2 Å². The predicted octanol–water partition coefficient (Wildman–Crippen LogP) is 2.88. The fourth-order valence-electron chi connectivity index (χ4n) is 2.00. The molecule has 0 bridgehead atoms. The number of ether oxygens (including phenoxy) is 2. The Kier molecular flexibility index (Phi) is 8.95. The van der Waals surface area contributed by atoms with Crippen LogP contribution in [0.15, 0.2) is 0 Å². The largest absolute Gasteiger partial charge is 0.481 e. The fraction of sp³-hybridized carbons (Fsp3) is 0.789. The molecule has 8 heteroatoms. The zero-order valence-corrected chi connectivity index (χ0v) is 17.1. The number of carboxylic acids is 2. The molecule has 0 saturated carbocycles. The van der Waals surface area contributed by atoms with Crippen molar-refractivity contribution in [3.63, 3.8) is 0 Å². The summed E-state index contributed by atoms with van der Waals surface area (Å²) in [7, 11) is 0. The van der Waals surface area contributed by atoms with E-state index in [1.54, 1.807) is 41.5 Å². The summed E-state index contributed by atoms with van der Waals surface area (Å²) in [5.74, 6) is -3.38. The van der Waals surface area contributed by atoms with Gasteiger partial charge in [0.1, 0.15) is 18.6 Å². The van der Waals surface area contributed by atoms with Crippen LogP contribution in [0, 0.1) is 16.2 Å². The molecule has 156 valence electrons. The zero-order valence-electron chi connectivity index (χ0n) is 17.1. The standard InChI is InChI=1S/C19H32O8/c1-17(2,3)15(24)26-11-19(14(22)23,10-8-7-9-13(20)21)12-27-16(25)18(4,5)6/h7-12H2,1-6H3,(H,20,21)(H,22,23). The van der Waals surface area contributed by atoms with E-state index in [1.807, 2.05) is 0 Å². The second-order valence-corrected chi connectivity index (χ2v) is 8.84. The van der Waals surface area contributed by atoms with E-state index in [0.717, 1.165) is 0 Å². The van der Waals surface area contributed by atoms with Crippen LogP contribution in [0.3, 0.4) is 0 Å². The Bertz CT molecular complexity index is 521. The molecule has 0 aromatic rings. The maximum absolute atomic E-state index is 12.0. The lowest BCUT2D eigenvalue weighted by Crippen LogP contribution is -2.43. The van der Waals surface area contributed by atoms with Crippen molar-refractivity contribution < 1.29 is 38.9 Å². The van der Waals surface area contributed by atoms with Gasteiger partial charge in [0.2, 0.25) is 0 Å². The predicted molar refractivity (Wildman–Crippen MR) is 97.0 cm³/mol. The molecule has 0 fully saturated rings. The molecule has 8 nitrogen and oxygen atoms in total. The highest BCUT2D eigenvalue weighted by Gasteiger charge is 2.43. The number of carbonyl (C=O) groups excluding carboxylic acids is 2. The third-order valence-corrected chi connectivity index (χ3v) is 3.93. The van der Waals surface area contributed by atoms with Crippen molar-refractivity contribution in [1.29, 1.82) is 0 Å². The van der Waals surface area contributed by atoms with Gasteiger partial charge in [-0.05, 0) is 54.4 Å². The molecule has 0 aliphatic carbocycles. The van der Waals surface area contributed by atoms with Crippen LogP contribution in [0.1, 0.15) is 67.2 Å². The minimum atomic E-state index is -1.62. The normalized spacial score (nSPS) is 12.4. The van der Waals surface area contributed by atoms with Crippen molar-refractivity contribution in [2.75, 3.05) is 13.2 Å². The molecule has 0 unspecified atom stereocenters. The van der Waals surface area contributed by atoms with Crippen molar-refractivity contribution >= 4 is 23.9 Å². The number of unbranched alkanes of at least 4 members (excludes halogenated alkanes) is 1. The SMILES string of the molecule is CC(C)(C)C(=O)OCC(CCCCC(=O)O)(COC(=O)C(C)(C)C)C(=O)O. The van der Waals surface area contributed by atoms with Crippen LogP contribution in [0.5, 0.6) is 0 Å². The quantitative estimate of drug-likeness (QED) is 0.432. The molecule has 0 aliphatic rings. The highest BCUT2D eigenvalue weighted by atomic mass is 16.6. The van der Waals surface area contributed by atoms with E-state index in [0.29, 0.717) is 0 Å². The summed E-state index contributed by atoms with van der Waals surface area (Å²) in [6.07, 6.45) is 0.466. The van der Waals surface area contributed by atoms with Gasteiger partial charge in [-0.2, -0.15) is 0 Å². The number of carboxylic acid groups (broad SMARTS) is 2. The first kappa shape index (κ1) is 24.9. The molecule has 0 saturated heterocycles. The summed E-state index contributed by atoms with van der Waals surface area (Å²) in [6, 6.07) is 0. The summed E-state index contributed by atoms with van der Waals surface area (Å²) >= 11 is 0. The molecule has 0 aromatic heterocycles. The minimum Gasteiger partial charge on any atom is -0.481 e. The van der Waals surface area contributed by atoms with Gasteiger partial charge < -0.3 is 19.7 Å². The summed E-state index contributed by atoms with van der Waals surface area (Å²) in [5.41, 5.74) is -3.24. The fourth-order valence-corrected chi connectivity index (χ4v) is 2.00. The van der Waals surface area contributed by atoms with Crippen LogP contribution < -0.4 is 0 Å². The van der Waals surface area contributed by atoms with Crippen molar-refractivity contribution in [2.24, 2.45) is 16.2 Å². The topological polar surface area (TPSA) is 127 Å². The molecule has 2 N–H and O–H groups in total. The third kappa shape index (κ3) is 8.88. The molecular formula is C19H32O8. The van der Waals surface area contributed by atoms with Gasteiger partial charge in [-0.25, -0.2) is 0 Å². The van der Waals surface area contributed by atoms with E-state index in [1.165, 1.54) is 0 Å². The molecule has 0 aromatic carbocycles. The lowest BCUT2D eigenvalue weighted by Gasteiger charge is -2.31. The number of rotatable bonds is 10. The Balaban J connectivity index is 5.31. The Morgan fingerprint density at radius 1 is 0.741 bits per heavy atom. The van der Waals surface area contributed by atoms with Crippen LogP contribution in [0.25, 0.3) is 0 Å². The Hall–Kier alpha value is -2.12. The summed E-state index contributed by atoms with van der Waals surface area (Å²) < 4.78 is 10.4. The van der Waals surface area contributed by atoms with Crippen LogP contribution in [-0.4, -0.2) is 47.3 Å². The monoisotopic (exact) mass is 388 g/mol. The van der Waals surface area contributed by atoms with Crippen LogP contribution in [0.2, 0.25) is 0 Å². The van der Waals surface area contributed by atoms with Gasteiger partial charge in [0.25, 0.3) is 0 Å². The van der Waals surface area contributed by atoms with Crippen LogP contribution in [0.4, 0.5) is 0 Å². The first-order chi connectivity index (χ1) is 12.1. The minimum absolute atomic E-state index is 0.0183. The number of hydrogen-bond acceptors (Lipinski definition) is 6. The maximum Gasteiger partial charge on any atom is 0.316 e. The van der Waals surface area contributed by atoms with E-state index >= 15 is 0 Å².